The highest BCUT2D eigenvalue weighted by Gasteiger charge is 2.07. The molecule has 4 nitrogen and oxygen atoms in total. The number of nitrogens with one attached hydrogen (secondary N) is 1. The lowest BCUT2D eigenvalue weighted by Gasteiger charge is -2.11. The first-order valence-corrected chi connectivity index (χ1v) is 6.81. The molecule has 1 unspecified atom stereocenters. The molecule has 1 rings (SSSR count). The minimum atomic E-state index is 0.0500. The van der Waals surface area contributed by atoms with Crippen molar-refractivity contribution >= 4 is 17.2 Å². The SMILES string of the molecule is Cc1nc(CCCC(=O)NC(C)CCO)cs1. The van der Waals surface area contributed by atoms with Crippen molar-refractivity contribution in [2.75, 3.05) is 6.61 Å². The van der Waals surface area contributed by atoms with Gasteiger partial charge < -0.3 is 10.4 Å². The number of amides is 1. The number of nitrogens with zero attached hydrogens (tertiary/aromatic N) is 1. The Labute approximate surface area is 106 Å². The Hall–Kier alpha value is -0.940. The van der Waals surface area contributed by atoms with Gasteiger partial charge in [-0.25, -0.2) is 4.98 Å². The summed E-state index contributed by atoms with van der Waals surface area (Å²) in [4.78, 5) is 15.9. The first kappa shape index (κ1) is 14.1. The summed E-state index contributed by atoms with van der Waals surface area (Å²) in [6.07, 6.45) is 2.80. The third-order valence-electron chi connectivity index (χ3n) is 2.47. The van der Waals surface area contributed by atoms with Crippen LogP contribution in [0.1, 0.15) is 36.9 Å². The summed E-state index contributed by atoms with van der Waals surface area (Å²) in [5.74, 6) is 0.0536. The zero-order valence-electron chi connectivity index (χ0n) is 10.4. The number of aliphatic hydroxyl groups excluding tert-OH is 1. The molecular formula is C12H20N2O2S. The van der Waals surface area contributed by atoms with E-state index < -0.39 is 0 Å². The minimum absolute atomic E-state index is 0.0500. The number of aryl methyl sites for hydroxylation is 2. The van der Waals surface area contributed by atoms with Crippen molar-refractivity contribution in [3.63, 3.8) is 0 Å². The molecule has 5 heteroatoms. The van der Waals surface area contributed by atoms with Crippen molar-refractivity contribution < 1.29 is 9.90 Å². The number of thiazole rings is 1. The van der Waals surface area contributed by atoms with E-state index >= 15 is 0 Å². The summed E-state index contributed by atoms with van der Waals surface area (Å²) >= 11 is 1.64. The number of aliphatic hydroxyl groups is 1. The van der Waals surface area contributed by atoms with E-state index in [2.05, 4.69) is 10.3 Å². The number of carbonyl (C=O) groups excluding carboxylic acids is 1. The molecule has 0 saturated heterocycles. The van der Waals surface area contributed by atoms with Crippen LogP contribution in [0.2, 0.25) is 0 Å². The maximum Gasteiger partial charge on any atom is 0.220 e. The van der Waals surface area contributed by atoms with Crippen LogP contribution < -0.4 is 5.32 Å². The van der Waals surface area contributed by atoms with Crippen LogP contribution in [-0.4, -0.2) is 28.6 Å². The van der Waals surface area contributed by atoms with E-state index in [0.717, 1.165) is 23.5 Å². The Kier molecular flexibility index (Phi) is 6.15. The van der Waals surface area contributed by atoms with Crippen molar-refractivity contribution in [3.05, 3.63) is 16.1 Å². The number of carbonyl (C=O) groups is 1. The molecule has 0 aliphatic heterocycles. The molecule has 0 fully saturated rings. The van der Waals surface area contributed by atoms with Crippen LogP contribution in [0.25, 0.3) is 0 Å². The van der Waals surface area contributed by atoms with E-state index in [-0.39, 0.29) is 18.6 Å². The van der Waals surface area contributed by atoms with Gasteiger partial charge in [-0.3, -0.25) is 4.79 Å². The minimum Gasteiger partial charge on any atom is -0.396 e. The third kappa shape index (κ3) is 5.79. The summed E-state index contributed by atoms with van der Waals surface area (Å²) in [5.41, 5.74) is 1.07. The predicted molar refractivity (Wildman–Crippen MR) is 69.1 cm³/mol. The second-order valence-electron chi connectivity index (χ2n) is 4.19. The van der Waals surface area contributed by atoms with Crippen molar-refractivity contribution in [2.45, 2.75) is 45.6 Å². The van der Waals surface area contributed by atoms with E-state index in [0.29, 0.717) is 12.8 Å². The topological polar surface area (TPSA) is 62.2 Å². The molecule has 0 radical (unpaired) electrons. The van der Waals surface area contributed by atoms with Gasteiger partial charge in [0.1, 0.15) is 0 Å². The molecular weight excluding hydrogens is 236 g/mol. The van der Waals surface area contributed by atoms with Gasteiger partial charge in [-0.1, -0.05) is 0 Å². The molecule has 0 saturated carbocycles. The Morgan fingerprint density at radius 1 is 1.65 bits per heavy atom. The molecule has 1 heterocycles. The van der Waals surface area contributed by atoms with Gasteiger partial charge in [-0.15, -0.1) is 11.3 Å². The van der Waals surface area contributed by atoms with E-state index in [1.54, 1.807) is 11.3 Å². The Morgan fingerprint density at radius 3 is 3.00 bits per heavy atom. The Balaban J connectivity index is 2.16. The summed E-state index contributed by atoms with van der Waals surface area (Å²) < 4.78 is 0. The number of aromatic nitrogens is 1. The fraction of sp³-hybridized carbons (Fsp3) is 0.667. The van der Waals surface area contributed by atoms with Crippen molar-refractivity contribution in [3.8, 4) is 0 Å². The number of hydrogen-bond acceptors (Lipinski definition) is 4. The smallest absolute Gasteiger partial charge is 0.220 e. The molecule has 1 amide bonds. The van der Waals surface area contributed by atoms with E-state index in [1.165, 1.54) is 0 Å². The van der Waals surface area contributed by atoms with Gasteiger partial charge in [0.25, 0.3) is 0 Å². The van der Waals surface area contributed by atoms with E-state index in [9.17, 15) is 4.79 Å². The van der Waals surface area contributed by atoms with Gasteiger partial charge in [0.15, 0.2) is 0 Å². The fourth-order valence-electron chi connectivity index (χ4n) is 1.57. The maximum atomic E-state index is 11.5. The fourth-order valence-corrected chi connectivity index (χ4v) is 2.21. The van der Waals surface area contributed by atoms with Gasteiger partial charge in [-0.2, -0.15) is 0 Å². The molecule has 1 aromatic heterocycles. The number of hydrogen-bond donors (Lipinski definition) is 2. The summed E-state index contributed by atoms with van der Waals surface area (Å²) in [7, 11) is 0. The predicted octanol–water partition coefficient (Wildman–Crippen LogP) is 1.66. The molecule has 0 spiro atoms. The molecule has 96 valence electrons. The summed E-state index contributed by atoms with van der Waals surface area (Å²) in [5, 5.41) is 14.7. The van der Waals surface area contributed by atoms with Crippen LogP contribution >= 0.6 is 11.3 Å². The standard InChI is InChI=1S/C12H20N2O2S/c1-9(6-7-15)13-12(16)5-3-4-11-8-17-10(2)14-11/h8-9,15H,3-7H2,1-2H3,(H,13,16). The monoisotopic (exact) mass is 256 g/mol. The molecule has 0 bridgehead atoms. The average Bonchev–Trinajstić information content (AvgIpc) is 2.64. The molecule has 0 aliphatic carbocycles. The quantitative estimate of drug-likeness (QED) is 0.780. The van der Waals surface area contributed by atoms with Crippen molar-refractivity contribution in [1.29, 1.82) is 0 Å². The molecule has 17 heavy (non-hydrogen) atoms. The first-order chi connectivity index (χ1) is 8.11. The van der Waals surface area contributed by atoms with Gasteiger partial charge in [0, 0.05) is 24.4 Å². The maximum absolute atomic E-state index is 11.5. The molecule has 2 N–H and O–H groups in total. The second-order valence-corrected chi connectivity index (χ2v) is 5.25. The third-order valence-corrected chi connectivity index (χ3v) is 3.30. The summed E-state index contributed by atoms with van der Waals surface area (Å²) in [6.45, 7) is 3.99. The van der Waals surface area contributed by atoms with Crippen molar-refractivity contribution in [1.82, 2.24) is 10.3 Å². The van der Waals surface area contributed by atoms with Gasteiger partial charge in [0.05, 0.1) is 10.7 Å². The van der Waals surface area contributed by atoms with Crippen LogP contribution in [-0.2, 0) is 11.2 Å². The lowest BCUT2D eigenvalue weighted by molar-refractivity contribution is -0.121. The molecule has 0 aromatic carbocycles. The normalized spacial score (nSPS) is 12.4. The number of rotatable bonds is 7. The largest absolute Gasteiger partial charge is 0.396 e. The zero-order valence-corrected chi connectivity index (χ0v) is 11.2. The molecule has 1 atom stereocenters. The van der Waals surface area contributed by atoms with Crippen LogP contribution in [0.5, 0.6) is 0 Å². The first-order valence-electron chi connectivity index (χ1n) is 5.93. The highest BCUT2D eigenvalue weighted by atomic mass is 32.1. The van der Waals surface area contributed by atoms with Gasteiger partial charge in [-0.05, 0) is 33.1 Å². The van der Waals surface area contributed by atoms with Crippen molar-refractivity contribution in [2.24, 2.45) is 0 Å². The van der Waals surface area contributed by atoms with Gasteiger partial charge >= 0.3 is 0 Å². The van der Waals surface area contributed by atoms with Crippen LogP contribution in [0.15, 0.2) is 5.38 Å². The second kappa shape index (κ2) is 7.40. The lowest BCUT2D eigenvalue weighted by Crippen LogP contribution is -2.33. The van der Waals surface area contributed by atoms with Crippen LogP contribution in [0.4, 0.5) is 0 Å². The average molecular weight is 256 g/mol. The molecule has 1 aromatic rings. The van der Waals surface area contributed by atoms with E-state index in [1.807, 2.05) is 19.2 Å². The molecule has 0 aliphatic rings. The Bertz CT molecular complexity index is 352. The highest BCUT2D eigenvalue weighted by Crippen LogP contribution is 2.10. The zero-order chi connectivity index (χ0) is 12.7. The van der Waals surface area contributed by atoms with Gasteiger partial charge in [0.2, 0.25) is 5.91 Å². The summed E-state index contributed by atoms with van der Waals surface area (Å²) in [6, 6.07) is 0.0500. The lowest BCUT2D eigenvalue weighted by atomic mass is 10.2. The van der Waals surface area contributed by atoms with E-state index in [4.69, 9.17) is 5.11 Å². The van der Waals surface area contributed by atoms with Crippen LogP contribution in [0.3, 0.4) is 0 Å². The highest BCUT2D eigenvalue weighted by molar-refractivity contribution is 7.09. The van der Waals surface area contributed by atoms with Crippen LogP contribution in [0, 0.1) is 6.92 Å². The Morgan fingerprint density at radius 2 is 2.41 bits per heavy atom.